The highest BCUT2D eigenvalue weighted by Gasteiger charge is 2.44. The normalized spacial score (nSPS) is 15.7. The summed E-state index contributed by atoms with van der Waals surface area (Å²) in [5.41, 5.74) is 1.30. The van der Waals surface area contributed by atoms with E-state index in [1.165, 1.54) is 0 Å². The van der Waals surface area contributed by atoms with Crippen LogP contribution in [-0.2, 0) is 26.2 Å². The second-order valence-electron chi connectivity index (χ2n) is 8.55. The van der Waals surface area contributed by atoms with E-state index in [0.29, 0.717) is 67.1 Å². The number of carbonyl (C=O) groups is 2. The van der Waals surface area contributed by atoms with E-state index in [1.54, 1.807) is 26.2 Å². The first-order valence-corrected chi connectivity index (χ1v) is 12.6. The largest absolute Gasteiger partial charge is 0.496 e. The molecular formula is C27H30BrNO6. The molecule has 8 heteroatoms. The molecule has 1 aliphatic heterocycles. The quantitative estimate of drug-likeness (QED) is 0.348. The summed E-state index contributed by atoms with van der Waals surface area (Å²) >= 11 is 3.48. The molecular weight excluding hydrogens is 514 g/mol. The number of hydrogen-bond acceptors (Lipinski definition) is 7. The van der Waals surface area contributed by atoms with Crippen LogP contribution in [0.5, 0.6) is 5.75 Å². The van der Waals surface area contributed by atoms with E-state index in [4.69, 9.17) is 18.6 Å². The van der Waals surface area contributed by atoms with Crippen molar-refractivity contribution in [2.24, 2.45) is 0 Å². The number of furan rings is 1. The number of carbonyl (C=O) groups excluding carboxylic acids is 2. The van der Waals surface area contributed by atoms with Gasteiger partial charge in [0, 0.05) is 18.5 Å². The standard InChI is InChI=1S/C27H30BrNO6/c1-4-33-25(30)24-19-15-22(32-3)20(28)16-21(19)35-23(24)17-29-13-11-27(12-14-29,26(31)34-5-2)18-9-7-6-8-10-18/h6-10,15-16H,4-5,11-14,17H2,1-3H3. The Kier molecular flexibility index (Phi) is 7.82. The van der Waals surface area contributed by atoms with Gasteiger partial charge in [0.15, 0.2) is 0 Å². The fourth-order valence-corrected chi connectivity index (χ4v) is 5.26. The number of ether oxygens (including phenoxy) is 3. The van der Waals surface area contributed by atoms with Gasteiger partial charge in [0.2, 0.25) is 0 Å². The summed E-state index contributed by atoms with van der Waals surface area (Å²) in [5.74, 6) is 0.545. The first kappa shape index (κ1) is 25.3. The Morgan fingerprint density at radius 1 is 1.06 bits per heavy atom. The second kappa shape index (κ2) is 10.8. The average molecular weight is 544 g/mol. The molecule has 1 saturated heterocycles. The van der Waals surface area contributed by atoms with Crippen LogP contribution in [0.15, 0.2) is 51.4 Å². The monoisotopic (exact) mass is 543 g/mol. The van der Waals surface area contributed by atoms with Gasteiger partial charge in [0.1, 0.15) is 22.7 Å². The van der Waals surface area contributed by atoms with Crippen molar-refractivity contribution >= 4 is 38.8 Å². The van der Waals surface area contributed by atoms with E-state index in [2.05, 4.69) is 20.8 Å². The lowest BCUT2D eigenvalue weighted by Crippen LogP contribution is -2.47. The van der Waals surface area contributed by atoms with Crippen molar-refractivity contribution in [1.82, 2.24) is 4.90 Å². The summed E-state index contributed by atoms with van der Waals surface area (Å²) in [6.07, 6.45) is 1.23. The van der Waals surface area contributed by atoms with Crippen LogP contribution < -0.4 is 4.74 Å². The number of rotatable bonds is 8. The first-order valence-electron chi connectivity index (χ1n) is 11.8. The maximum Gasteiger partial charge on any atom is 0.342 e. The maximum atomic E-state index is 13.1. The highest BCUT2D eigenvalue weighted by atomic mass is 79.9. The van der Waals surface area contributed by atoms with Gasteiger partial charge in [0.05, 0.1) is 36.8 Å². The van der Waals surface area contributed by atoms with Gasteiger partial charge in [-0.1, -0.05) is 30.3 Å². The summed E-state index contributed by atoms with van der Waals surface area (Å²) in [5, 5.41) is 0.653. The van der Waals surface area contributed by atoms with Crippen LogP contribution >= 0.6 is 15.9 Å². The minimum atomic E-state index is -0.677. The highest BCUT2D eigenvalue weighted by Crippen LogP contribution is 2.39. The Morgan fingerprint density at radius 2 is 1.74 bits per heavy atom. The number of nitrogens with zero attached hydrogens (tertiary/aromatic N) is 1. The van der Waals surface area contributed by atoms with Gasteiger partial charge < -0.3 is 18.6 Å². The predicted octanol–water partition coefficient (Wildman–Crippen LogP) is 5.48. The van der Waals surface area contributed by atoms with Gasteiger partial charge in [-0.15, -0.1) is 0 Å². The molecule has 0 N–H and O–H groups in total. The van der Waals surface area contributed by atoms with Gasteiger partial charge in [0.25, 0.3) is 0 Å². The van der Waals surface area contributed by atoms with Crippen molar-refractivity contribution in [2.45, 2.75) is 38.6 Å². The highest BCUT2D eigenvalue weighted by molar-refractivity contribution is 9.10. The van der Waals surface area contributed by atoms with Crippen LogP contribution in [-0.4, -0.2) is 50.3 Å². The van der Waals surface area contributed by atoms with E-state index in [1.807, 2.05) is 37.3 Å². The molecule has 1 aliphatic rings. The molecule has 0 aliphatic carbocycles. The zero-order valence-electron chi connectivity index (χ0n) is 20.3. The molecule has 2 aromatic carbocycles. The Labute approximate surface area is 213 Å². The molecule has 4 rings (SSSR count). The first-order chi connectivity index (χ1) is 16.9. The third-order valence-corrected chi connectivity index (χ3v) is 7.20. The minimum Gasteiger partial charge on any atom is -0.496 e. The number of methoxy groups -OCH3 is 1. The van der Waals surface area contributed by atoms with Crippen LogP contribution in [0.2, 0.25) is 0 Å². The van der Waals surface area contributed by atoms with Gasteiger partial charge >= 0.3 is 11.9 Å². The van der Waals surface area contributed by atoms with Crippen LogP contribution in [0.4, 0.5) is 0 Å². The molecule has 7 nitrogen and oxygen atoms in total. The molecule has 0 atom stereocenters. The molecule has 0 amide bonds. The summed E-state index contributed by atoms with van der Waals surface area (Å²) in [6.45, 7) is 5.95. The molecule has 0 spiro atoms. The molecule has 0 saturated carbocycles. The minimum absolute atomic E-state index is 0.182. The van der Waals surface area contributed by atoms with Gasteiger partial charge in [-0.3, -0.25) is 9.69 Å². The van der Waals surface area contributed by atoms with Crippen molar-refractivity contribution in [1.29, 1.82) is 0 Å². The number of esters is 2. The molecule has 35 heavy (non-hydrogen) atoms. The zero-order chi connectivity index (χ0) is 25.0. The molecule has 0 radical (unpaired) electrons. The average Bonchev–Trinajstić information content (AvgIpc) is 3.21. The fourth-order valence-electron chi connectivity index (χ4n) is 4.78. The molecule has 2 heterocycles. The zero-order valence-corrected chi connectivity index (χ0v) is 21.9. The van der Waals surface area contributed by atoms with E-state index >= 15 is 0 Å². The predicted molar refractivity (Wildman–Crippen MR) is 136 cm³/mol. The Hall–Kier alpha value is -2.84. The van der Waals surface area contributed by atoms with Crippen molar-refractivity contribution in [3.8, 4) is 5.75 Å². The lowest BCUT2D eigenvalue weighted by atomic mass is 9.72. The molecule has 3 aromatic rings. The van der Waals surface area contributed by atoms with Gasteiger partial charge in [-0.2, -0.15) is 0 Å². The third-order valence-electron chi connectivity index (χ3n) is 6.58. The molecule has 0 unspecified atom stereocenters. The van der Waals surface area contributed by atoms with E-state index in [0.717, 1.165) is 10.0 Å². The van der Waals surface area contributed by atoms with Crippen molar-refractivity contribution in [3.63, 3.8) is 0 Å². The Morgan fingerprint density at radius 3 is 2.37 bits per heavy atom. The van der Waals surface area contributed by atoms with E-state index < -0.39 is 11.4 Å². The SMILES string of the molecule is CCOC(=O)c1c(CN2CCC(C(=O)OCC)(c3ccccc3)CC2)oc2cc(Br)c(OC)cc12. The van der Waals surface area contributed by atoms with Crippen LogP contribution in [0.3, 0.4) is 0 Å². The molecule has 0 bridgehead atoms. The van der Waals surface area contributed by atoms with Crippen LogP contribution in [0.1, 0.15) is 48.4 Å². The summed E-state index contributed by atoms with van der Waals surface area (Å²) in [4.78, 5) is 28.2. The van der Waals surface area contributed by atoms with Crippen LogP contribution in [0.25, 0.3) is 11.0 Å². The number of likely N-dealkylation sites (tertiary alicyclic amines) is 1. The lowest BCUT2D eigenvalue weighted by molar-refractivity contribution is -0.152. The van der Waals surface area contributed by atoms with Crippen molar-refractivity contribution in [3.05, 3.63) is 63.8 Å². The number of piperidine rings is 1. The third kappa shape index (κ3) is 4.95. The molecule has 186 valence electrons. The summed E-state index contributed by atoms with van der Waals surface area (Å²) < 4.78 is 23.1. The number of benzene rings is 2. The summed E-state index contributed by atoms with van der Waals surface area (Å²) in [7, 11) is 1.58. The fraction of sp³-hybridized carbons (Fsp3) is 0.407. The maximum absolute atomic E-state index is 13.1. The van der Waals surface area contributed by atoms with Crippen LogP contribution in [0, 0.1) is 0 Å². The Bertz CT molecular complexity index is 1200. The van der Waals surface area contributed by atoms with Crippen molar-refractivity contribution in [2.75, 3.05) is 33.4 Å². The van der Waals surface area contributed by atoms with Gasteiger partial charge in [-0.05, 0) is 60.3 Å². The lowest BCUT2D eigenvalue weighted by Gasteiger charge is -2.40. The summed E-state index contributed by atoms with van der Waals surface area (Å²) in [6, 6.07) is 13.4. The second-order valence-corrected chi connectivity index (χ2v) is 9.40. The van der Waals surface area contributed by atoms with E-state index in [-0.39, 0.29) is 12.6 Å². The van der Waals surface area contributed by atoms with Gasteiger partial charge in [-0.25, -0.2) is 4.79 Å². The molecule has 1 aromatic heterocycles. The smallest absolute Gasteiger partial charge is 0.342 e. The number of fused-ring (bicyclic) bond motifs is 1. The van der Waals surface area contributed by atoms with E-state index in [9.17, 15) is 9.59 Å². The number of hydrogen-bond donors (Lipinski definition) is 0. The Balaban J connectivity index is 1.62. The van der Waals surface area contributed by atoms with Crippen molar-refractivity contribution < 1.29 is 28.2 Å². The number of halogens is 1. The molecule has 1 fully saturated rings. The topological polar surface area (TPSA) is 78.2 Å².